The van der Waals surface area contributed by atoms with E-state index >= 15 is 0 Å². The fourth-order valence-corrected chi connectivity index (χ4v) is 3.81. The standard InChI is InChI=1S/C24H22ClFN5O2/c1-30-20(10-19(13-27)28-30)11-21-12-24(25)29-31(21)23-8-5-18(26)9-17(23)15-33-14-16-3-6-22(32-2)7-4-16/h3-10,12,19H,11,14-15H2,1-2H3/q+1. The van der Waals surface area contributed by atoms with Crippen LogP contribution >= 0.6 is 11.6 Å². The van der Waals surface area contributed by atoms with Gasteiger partial charge in [0.15, 0.2) is 12.2 Å². The van der Waals surface area contributed by atoms with Crippen LogP contribution in [0.4, 0.5) is 4.39 Å². The number of nitriles is 1. The second-order valence-electron chi connectivity index (χ2n) is 7.53. The predicted octanol–water partition coefficient (Wildman–Crippen LogP) is 4.82. The van der Waals surface area contributed by atoms with Crippen LogP contribution in [0.25, 0.3) is 5.69 Å². The molecule has 1 aliphatic rings. The summed E-state index contributed by atoms with van der Waals surface area (Å²) in [5, 5.41) is 18.1. The van der Waals surface area contributed by atoms with Crippen molar-refractivity contribution >= 4 is 11.6 Å². The lowest BCUT2D eigenvalue weighted by molar-refractivity contribution is -0.513. The van der Waals surface area contributed by atoms with Crippen molar-refractivity contribution in [1.82, 2.24) is 9.78 Å². The van der Waals surface area contributed by atoms with Gasteiger partial charge in [0.2, 0.25) is 11.7 Å². The van der Waals surface area contributed by atoms with Crippen LogP contribution in [0.2, 0.25) is 5.15 Å². The molecule has 168 valence electrons. The van der Waals surface area contributed by atoms with E-state index in [2.05, 4.69) is 16.3 Å². The molecule has 1 aromatic heterocycles. The van der Waals surface area contributed by atoms with Gasteiger partial charge in [0, 0.05) is 11.6 Å². The van der Waals surface area contributed by atoms with Gasteiger partial charge < -0.3 is 9.47 Å². The zero-order chi connectivity index (χ0) is 23.4. The first-order chi connectivity index (χ1) is 16.0. The van der Waals surface area contributed by atoms with Crippen LogP contribution in [0.15, 0.2) is 65.4 Å². The molecule has 3 aromatic rings. The van der Waals surface area contributed by atoms with Crippen LogP contribution in [-0.2, 0) is 24.4 Å². The summed E-state index contributed by atoms with van der Waals surface area (Å²) in [6, 6.07) is 15.4. The van der Waals surface area contributed by atoms with Crippen molar-refractivity contribution in [2.75, 3.05) is 14.2 Å². The molecule has 0 aliphatic carbocycles. The van der Waals surface area contributed by atoms with E-state index in [0.717, 1.165) is 22.7 Å². The topological polar surface area (TPSA) is 75.4 Å². The van der Waals surface area contributed by atoms with Gasteiger partial charge in [0.25, 0.3) is 0 Å². The minimum Gasteiger partial charge on any atom is -0.497 e. The zero-order valence-corrected chi connectivity index (χ0v) is 19.0. The van der Waals surface area contributed by atoms with Gasteiger partial charge in [0.05, 0.1) is 38.1 Å². The van der Waals surface area contributed by atoms with Gasteiger partial charge in [-0.3, -0.25) is 0 Å². The van der Waals surface area contributed by atoms with Crippen LogP contribution < -0.4 is 4.74 Å². The molecule has 0 saturated heterocycles. The quantitative estimate of drug-likeness (QED) is 0.446. The fraction of sp³-hybridized carbons (Fsp3) is 0.250. The molecule has 2 heterocycles. The summed E-state index contributed by atoms with van der Waals surface area (Å²) >= 11 is 6.23. The van der Waals surface area contributed by atoms with Crippen molar-refractivity contribution in [1.29, 1.82) is 5.26 Å². The highest BCUT2D eigenvalue weighted by Crippen LogP contribution is 2.25. The number of nitrogens with zero attached hydrogens (tertiary/aromatic N) is 5. The Balaban J connectivity index is 1.56. The first kappa shape index (κ1) is 22.6. The predicted molar refractivity (Wildman–Crippen MR) is 120 cm³/mol. The summed E-state index contributed by atoms with van der Waals surface area (Å²) in [7, 11) is 3.41. The number of aromatic nitrogens is 2. The van der Waals surface area contributed by atoms with Crippen molar-refractivity contribution < 1.29 is 18.6 Å². The van der Waals surface area contributed by atoms with Gasteiger partial charge in [-0.15, -0.1) is 0 Å². The number of allylic oxidation sites excluding steroid dienone is 1. The van der Waals surface area contributed by atoms with E-state index in [1.54, 1.807) is 41.7 Å². The number of methoxy groups -OCH3 is 1. The molecular weight excluding hydrogens is 445 g/mol. The summed E-state index contributed by atoms with van der Waals surface area (Å²) in [6.07, 6.45) is 2.26. The van der Waals surface area contributed by atoms with Crippen molar-refractivity contribution in [2.45, 2.75) is 25.7 Å². The molecule has 1 aliphatic heterocycles. The minimum atomic E-state index is -0.510. The Kier molecular flexibility index (Phi) is 6.82. The molecule has 0 N–H and O–H groups in total. The zero-order valence-electron chi connectivity index (χ0n) is 18.2. The largest absolute Gasteiger partial charge is 0.497 e. The van der Waals surface area contributed by atoms with Gasteiger partial charge in [-0.2, -0.15) is 10.4 Å². The molecule has 7 nitrogen and oxygen atoms in total. The number of halogens is 2. The summed E-state index contributed by atoms with van der Waals surface area (Å²) in [5.74, 6) is 0.404. The molecule has 0 saturated carbocycles. The van der Waals surface area contributed by atoms with Crippen molar-refractivity contribution in [2.24, 2.45) is 5.11 Å². The van der Waals surface area contributed by atoms with Crippen molar-refractivity contribution in [3.8, 4) is 17.5 Å². The van der Waals surface area contributed by atoms with E-state index in [1.165, 1.54) is 12.1 Å². The summed E-state index contributed by atoms with van der Waals surface area (Å²) in [5.41, 5.74) is 3.93. The van der Waals surface area contributed by atoms with Gasteiger partial charge in [-0.05, 0) is 47.1 Å². The number of benzene rings is 2. The highest BCUT2D eigenvalue weighted by atomic mass is 35.5. The Labute approximate surface area is 195 Å². The Bertz CT molecular complexity index is 1260. The maximum Gasteiger partial charge on any atom is 0.223 e. The lowest BCUT2D eigenvalue weighted by atomic mass is 10.1. The molecule has 0 amide bonds. The van der Waals surface area contributed by atoms with E-state index in [9.17, 15) is 4.39 Å². The van der Waals surface area contributed by atoms with E-state index in [-0.39, 0.29) is 12.4 Å². The third kappa shape index (κ3) is 5.28. The van der Waals surface area contributed by atoms with Crippen LogP contribution in [0.3, 0.4) is 0 Å². The minimum absolute atomic E-state index is 0.185. The number of ether oxygens (including phenoxy) is 2. The van der Waals surface area contributed by atoms with Gasteiger partial charge >= 0.3 is 0 Å². The van der Waals surface area contributed by atoms with Gasteiger partial charge in [-0.25, -0.2) is 9.07 Å². The van der Waals surface area contributed by atoms with Gasteiger partial charge in [0.1, 0.15) is 17.6 Å². The average molecular weight is 467 g/mol. The Morgan fingerprint density at radius 1 is 1.18 bits per heavy atom. The summed E-state index contributed by atoms with van der Waals surface area (Å²) in [6.45, 7) is 0.548. The monoisotopic (exact) mass is 466 g/mol. The number of hydrogen-bond acceptors (Lipinski definition) is 5. The Morgan fingerprint density at radius 3 is 2.67 bits per heavy atom. The third-order valence-corrected chi connectivity index (χ3v) is 5.45. The van der Waals surface area contributed by atoms with Crippen molar-refractivity contribution in [3.63, 3.8) is 0 Å². The molecule has 0 fully saturated rings. The highest BCUT2D eigenvalue weighted by molar-refractivity contribution is 6.29. The lowest BCUT2D eigenvalue weighted by Crippen LogP contribution is -2.10. The second kappa shape index (κ2) is 9.94. The molecule has 0 bridgehead atoms. The third-order valence-electron chi connectivity index (χ3n) is 5.27. The molecule has 33 heavy (non-hydrogen) atoms. The Morgan fingerprint density at radius 2 is 1.97 bits per heavy atom. The maximum absolute atomic E-state index is 14.1. The maximum atomic E-state index is 14.1. The molecule has 1 unspecified atom stereocenters. The SMILES string of the molecule is COc1ccc(COCc2cc(F)ccc2-n2nc(Cl)cc2CC2=CC(C#N)N=[N+]2C)cc1. The molecule has 0 spiro atoms. The lowest BCUT2D eigenvalue weighted by Gasteiger charge is -2.13. The van der Waals surface area contributed by atoms with Crippen molar-refractivity contribution in [3.05, 3.63) is 88.1 Å². The smallest absolute Gasteiger partial charge is 0.223 e. The Hall–Kier alpha value is -3.54. The second-order valence-corrected chi connectivity index (χ2v) is 7.92. The van der Waals surface area contributed by atoms with Crippen LogP contribution in [0, 0.1) is 17.1 Å². The number of azo groups is 2. The summed E-state index contributed by atoms with van der Waals surface area (Å²) in [4.78, 5) is 0. The average Bonchev–Trinajstić information content (AvgIpc) is 3.36. The molecule has 0 radical (unpaired) electrons. The van der Waals surface area contributed by atoms with E-state index in [4.69, 9.17) is 26.3 Å². The van der Waals surface area contributed by atoms with Crippen LogP contribution in [-0.4, -0.2) is 34.7 Å². The highest BCUT2D eigenvalue weighted by Gasteiger charge is 2.26. The first-order valence-corrected chi connectivity index (χ1v) is 10.6. The first-order valence-electron chi connectivity index (χ1n) is 10.3. The molecule has 4 rings (SSSR count). The van der Waals surface area contributed by atoms with E-state index in [1.807, 2.05) is 24.3 Å². The number of rotatable bonds is 8. The normalized spacial score (nSPS) is 15.2. The van der Waals surface area contributed by atoms with Crippen LogP contribution in [0.1, 0.15) is 16.8 Å². The number of hydrogen-bond donors (Lipinski definition) is 0. The number of likely N-dealkylation sites (N-methyl/N-ethyl adjacent to an activating group) is 1. The fourth-order valence-electron chi connectivity index (χ4n) is 3.60. The van der Waals surface area contributed by atoms with E-state index in [0.29, 0.717) is 29.4 Å². The molecule has 2 aromatic carbocycles. The van der Waals surface area contributed by atoms with Crippen LogP contribution in [0.5, 0.6) is 5.75 Å². The summed E-state index contributed by atoms with van der Waals surface area (Å²) < 4.78 is 28.5. The van der Waals surface area contributed by atoms with E-state index < -0.39 is 6.04 Å². The molecule has 9 heteroatoms. The molecular formula is C24H22ClFN5O2+. The van der Waals surface area contributed by atoms with Gasteiger partial charge in [-0.1, -0.05) is 28.4 Å². The molecule has 1 atom stereocenters.